The predicted octanol–water partition coefficient (Wildman–Crippen LogP) is 0.314. The van der Waals surface area contributed by atoms with Gasteiger partial charge in [0.05, 0.1) is 6.10 Å². The predicted molar refractivity (Wildman–Crippen MR) is 60.3 cm³/mol. The van der Waals surface area contributed by atoms with Crippen LogP contribution in [-0.2, 0) is 4.79 Å². The van der Waals surface area contributed by atoms with Gasteiger partial charge in [-0.05, 0) is 13.0 Å². The number of ether oxygens (including phenoxy) is 1. The number of para-hydroxylation sites is 1. The number of hydrogen-bond donors (Lipinski definition) is 3. The summed E-state index contributed by atoms with van der Waals surface area (Å²) in [7, 11) is 0. The highest BCUT2D eigenvalue weighted by molar-refractivity contribution is 5.94. The molecule has 1 aromatic rings. The van der Waals surface area contributed by atoms with Crippen LogP contribution in [0, 0.1) is 0 Å². The highest BCUT2D eigenvalue weighted by Gasteiger charge is 2.10. The number of aliphatic hydroxyl groups is 1. The number of aliphatic hydroxyl groups excluding tert-OH is 1. The van der Waals surface area contributed by atoms with E-state index in [2.05, 4.69) is 0 Å². The molecule has 0 radical (unpaired) electrons. The molecule has 0 saturated heterocycles. The molecule has 0 aliphatic heterocycles. The van der Waals surface area contributed by atoms with Crippen molar-refractivity contribution in [1.29, 1.82) is 0 Å². The summed E-state index contributed by atoms with van der Waals surface area (Å²) in [5.41, 5.74) is 5.34. The van der Waals surface area contributed by atoms with Gasteiger partial charge in [-0.15, -0.1) is 0 Å². The fraction of sp³-hybridized carbons (Fsp3) is 0.273. The maximum Gasteiger partial charge on any atom is 0.318 e. The summed E-state index contributed by atoms with van der Waals surface area (Å²) in [6.07, 6.45) is -0.703. The molecule has 0 unspecified atom stereocenters. The summed E-state index contributed by atoms with van der Waals surface area (Å²) < 4.78 is 5.18. The second-order valence-corrected chi connectivity index (χ2v) is 3.41. The maximum atomic E-state index is 11.1. The number of hydrogen-bond acceptors (Lipinski definition) is 4. The Morgan fingerprint density at radius 2 is 2.12 bits per heavy atom. The van der Waals surface area contributed by atoms with Gasteiger partial charge in [-0.25, -0.2) is 4.79 Å². The summed E-state index contributed by atoms with van der Waals surface area (Å²) in [6, 6.07) is 5.85. The van der Waals surface area contributed by atoms with Crippen LogP contribution in [0.25, 0.3) is 0 Å². The van der Waals surface area contributed by atoms with E-state index in [0.717, 1.165) is 0 Å². The minimum Gasteiger partial charge on any atom is -0.483 e. The zero-order chi connectivity index (χ0) is 12.8. The Labute approximate surface area is 98.4 Å². The van der Waals surface area contributed by atoms with Crippen LogP contribution in [-0.4, -0.2) is 23.7 Å². The van der Waals surface area contributed by atoms with Crippen molar-refractivity contribution in [2.75, 3.05) is 6.61 Å². The summed E-state index contributed by atoms with van der Waals surface area (Å²) in [6.45, 7) is 1.25. The molecule has 0 saturated carbocycles. The van der Waals surface area contributed by atoms with Crippen molar-refractivity contribution in [2.45, 2.75) is 13.0 Å². The second kappa shape index (κ2) is 5.86. The van der Waals surface area contributed by atoms with Gasteiger partial charge in [-0.2, -0.15) is 0 Å². The number of primary amides is 1. The Kier molecular flexibility index (Phi) is 4.47. The SMILES string of the molecule is C[C@H](O)c1ccccc1OCC(=O)NC(N)=O. The Morgan fingerprint density at radius 1 is 1.47 bits per heavy atom. The van der Waals surface area contributed by atoms with E-state index in [4.69, 9.17) is 10.5 Å². The molecule has 0 aliphatic rings. The van der Waals surface area contributed by atoms with Gasteiger partial charge in [-0.1, -0.05) is 18.2 Å². The average molecular weight is 238 g/mol. The van der Waals surface area contributed by atoms with E-state index in [9.17, 15) is 14.7 Å². The second-order valence-electron chi connectivity index (χ2n) is 3.41. The highest BCUT2D eigenvalue weighted by Crippen LogP contribution is 2.24. The van der Waals surface area contributed by atoms with Crippen LogP contribution < -0.4 is 15.8 Å². The number of benzene rings is 1. The third-order valence-corrected chi connectivity index (χ3v) is 1.99. The lowest BCUT2D eigenvalue weighted by molar-refractivity contribution is -0.121. The summed E-state index contributed by atoms with van der Waals surface area (Å²) >= 11 is 0. The summed E-state index contributed by atoms with van der Waals surface area (Å²) in [5.74, 6) is -0.250. The van der Waals surface area contributed by atoms with Gasteiger partial charge in [-0.3, -0.25) is 10.1 Å². The van der Waals surface area contributed by atoms with E-state index in [0.29, 0.717) is 11.3 Å². The van der Waals surface area contributed by atoms with Crippen molar-refractivity contribution in [3.63, 3.8) is 0 Å². The maximum absolute atomic E-state index is 11.1. The quantitative estimate of drug-likeness (QED) is 0.702. The first kappa shape index (κ1) is 13.0. The van der Waals surface area contributed by atoms with Gasteiger partial charge in [0.1, 0.15) is 5.75 Å². The number of nitrogens with two attached hydrogens (primary N) is 1. The molecular weight excluding hydrogens is 224 g/mol. The standard InChI is InChI=1S/C11H14N2O4/c1-7(14)8-4-2-3-5-9(8)17-6-10(15)13-11(12)16/h2-5,7,14H,6H2,1H3,(H3,12,13,15,16)/t7-/m0/s1. The molecule has 1 atom stereocenters. The molecule has 0 heterocycles. The van der Waals surface area contributed by atoms with Crippen molar-refractivity contribution < 1.29 is 19.4 Å². The molecule has 0 spiro atoms. The highest BCUT2D eigenvalue weighted by atomic mass is 16.5. The van der Waals surface area contributed by atoms with Crippen LogP contribution in [0.3, 0.4) is 0 Å². The van der Waals surface area contributed by atoms with Crippen molar-refractivity contribution in [3.8, 4) is 5.75 Å². The van der Waals surface area contributed by atoms with Crippen molar-refractivity contribution >= 4 is 11.9 Å². The smallest absolute Gasteiger partial charge is 0.318 e. The third kappa shape index (κ3) is 4.12. The van der Waals surface area contributed by atoms with Gasteiger partial charge in [0.2, 0.25) is 0 Å². The molecular formula is C11H14N2O4. The lowest BCUT2D eigenvalue weighted by atomic mass is 10.1. The third-order valence-electron chi connectivity index (χ3n) is 1.99. The molecule has 0 aromatic heterocycles. The number of carbonyl (C=O) groups is 2. The Hall–Kier alpha value is -2.08. The van der Waals surface area contributed by atoms with E-state index in [1.807, 2.05) is 5.32 Å². The van der Waals surface area contributed by atoms with Gasteiger partial charge >= 0.3 is 6.03 Å². The Morgan fingerprint density at radius 3 is 2.71 bits per heavy atom. The lowest BCUT2D eigenvalue weighted by Gasteiger charge is -2.12. The number of rotatable bonds is 4. The molecule has 6 heteroatoms. The molecule has 6 nitrogen and oxygen atoms in total. The Balaban J connectivity index is 2.63. The van der Waals surface area contributed by atoms with E-state index in [-0.39, 0.29) is 6.61 Å². The molecule has 1 rings (SSSR count). The zero-order valence-electron chi connectivity index (χ0n) is 9.34. The molecule has 0 fully saturated rings. The van der Waals surface area contributed by atoms with Gasteiger partial charge in [0.15, 0.2) is 6.61 Å². The Bertz CT molecular complexity index is 418. The van der Waals surface area contributed by atoms with E-state index in [1.54, 1.807) is 31.2 Å². The number of nitrogens with one attached hydrogen (secondary N) is 1. The van der Waals surface area contributed by atoms with Crippen LogP contribution in [0.5, 0.6) is 5.75 Å². The molecule has 3 amide bonds. The minimum atomic E-state index is -0.928. The van der Waals surface area contributed by atoms with Crippen LogP contribution in [0.1, 0.15) is 18.6 Å². The van der Waals surface area contributed by atoms with Gasteiger partial charge < -0.3 is 15.6 Å². The van der Waals surface area contributed by atoms with E-state index < -0.39 is 18.0 Å². The molecule has 1 aromatic carbocycles. The summed E-state index contributed by atoms with van der Waals surface area (Å²) in [5, 5.41) is 11.3. The normalized spacial score (nSPS) is 11.6. The molecule has 0 bridgehead atoms. The molecule has 0 aliphatic carbocycles. The monoisotopic (exact) mass is 238 g/mol. The number of urea groups is 1. The van der Waals surface area contributed by atoms with Crippen LogP contribution in [0.4, 0.5) is 4.79 Å². The van der Waals surface area contributed by atoms with Crippen molar-refractivity contribution in [1.82, 2.24) is 5.32 Å². The first-order valence-electron chi connectivity index (χ1n) is 4.99. The first-order chi connectivity index (χ1) is 8.00. The zero-order valence-corrected chi connectivity index (χ0v) is 9.34. The fourth-order valence-electron chi connectivity index (χ4n) is 1.27. The largest absolute Gasteiger partial charge is 0.483 e. The van der Waals surface area contributed by atoms with Crippen LogP contribution in [0.15, 0.2) is 24.3 Å². The van der Waals surface area contributed by atoms with Gasteiger partial charge in [0, 0.05) is 5.56 Å². The topological polar surface area (TPSA) is 102 Å². The molecule has 17 heavy (non-hydrogen) atoms. The van der Waals surface area contributed by atoms with Crippen LogP contribution in [0.2, 0.25) is 0 Å². The summed E-state index contributed by atoms with van der Waals surface area (Å²) in [4.78, 5) is 21.5. The first-order valence-corrected chi connectivity index (χ1v) is 4.99. The van der Waals surface area contributed by atoms with Gasteiger partial charge in [0.25, 0.3) is 5.91 Å². The van der Waals surface area contributed by atoms with E-state index >= 15 is 0 Å². The van der Waals surface area contributed by atoms with Crippen LogP contribution >= 0.6 is 0 Å². The molecule has 4 N–H and O–H groups in total. The number of carbonyl (C=O) groups excluding carboxylic acids is 2. The average Bonchev–Trinajstić information content (AvgIpc) is 2.25. The van der Waals surface area contributed by atoms with Crippen molar-refractivity contribution in [2.24, 2.45) is 5.73 Å². The fourth-order valence-corrected chi connectivity index (χ4v) is 1.27. The number of imide groups is 1. The molecule has 92 valence electrons. The lowest BCUT2D eigenvalue weighted by Crippen LogP contribution is -2.38. The van der Waals surface area contributed by atoms with E-state index in [1.165, 1.54) is 0 Å². The van der Waals surface area contributed by atoms with Crippen molar-refractivity contribution in [3.05, 3.63) is 29.8 Å². The number of amides is 3. The minimum absolute atomic E-state index is 0.341.